The van der Waals surface area contributed by atoms with Crippen molar-refractivity contribution in [2.24, 2.45) is 12.9 Å². The summed E-state index contributed by atoms with van der Waals surface area (Å²) in [4.78, 5) is 9.38. The van der Waals surface area contributed by atoms with E-state index < -0.39 is 0 Å². The number of nitrogens with zero attached hydrogens (tertiary/aromatic N) is 4. The van der Waals surface area contributed by atoms with Crippen LogP contribution in [0, 0.1) is 0 Å². The first-order valence-corrected chi connectivity index (χ1v) is 7.25. The molecule has 0 atom stereocenters. The van der Waals surface area contributed by atoms with Crippen LogP contribution >= 0.6 is 11.9 Å². The molecule has 8 nitrogen and oxygen atoms in total. The van der Waals surface area contributed by atoms with Crippen LogP contribution in [-0.2, 0) is 7.05 Å². The lowest BCUT2D eigenvalue weighted by Crippen LogP contribution is -2.07. The van der Waals surface area contributed by atoms with Crippen molar-refractivity contribution in [2.75, 3.05) is 17.3 Å². The fraction of sp³-hybridized carbons (Fsp3) is 0.154. The minimum absolute atomic E-state index is 0.511. The van der Waals surface area contributed by atoms with E-state index in [1.54, 1.807) is 36.4 Å². The van der Waals surface area contributed by atoms with Crippen LogP contribution in [0.15, 0.2) is 35.6 Å². The van der Waals surface area contributed by atoms with Crippen molar-refractivity contribution >= 4 is 34.4 Å². The van der Waals surface area contributed by atoms with Crippen LogP contribution in [0.1, 0.15) is 0 Å². The number of nitrogens with one attached hydrogen (secondary N) is 2. The molecule has 9 heteroatoms. The van der Waals surface area contributed by atoms with Crippen LogP contribution in [0.4, 0.5) is 11.5 Å². The van der Waals surface area contributed by atoms with Gasteiger partial charge in [0.1, 0.15) is 11.5 Å². The highest BCUT2D eigenvalue weighted by Crippen LogP contribution is 2.34. The largest absolute Gasteiger partial charge is 0.479 e. The number of hydrogen-bond donors (Lipinski definition) is 3. The Hall–Kier alpha value is -2.52. The van der Waals surface area contributed by atoms with E-state index in [9.17, 15) is 0 Å². The second-order valence-corrected chi connectivity index (χ2v) is 5.32. The number of aromatic nitrogens is 4. The zero-order valence-corrected chi connectivity index (χ0v) is 12.9. The van der Waals surface area contributed by atoms with Gasteiger partial charge >= 0.3 is 0 Å². The van der Waals surface area contributed by atoms with Crippen molar-refractivity contribution in [1.29, 1.82) is 0 Å². The van der Waals surface area contributed by atoms with E-state index in [-0.39, 0.29) is 0 Å². The van der Waals surface area contributed by atoms with E-state index in [2.05, 4.69) is 25.2 Å². The van der Waals surface area contributed by atoms with Crippen molar-refractivity contribution in [3.63, 3.8) is 0 Å². The molecule has 3 aromatic rings. The molecule has 0 spiro atoms. The van der Waals surface area contributed by atoms with Crippen LogP contribution in [0.25, 0.3) is 10.9 Å². The van der Waals surface area contributed by atoms with Crippen LogP contribution in [0.3, 0.4) is 0 Å². The standard InChI is InChI=1S/C13H15N7OS/c1-20-12-8(6-17-20)5-16-13(21-2)11(12)19-22-9-3-4-10(18-14)15-7-9/h3-7,19H,14H2,1-2H3,(H,15,18). The molecule has 4 N–H and O–H groups in total. The number of rotatable bonds is 5. The molecule has 3 aromatic heterocycles. The summed E-state index contributed by atoms with van der Waals surface area (Å²) in [5.41, 5.74) is 4.19. The summed E-state index contributed by atoms with van der Waals surface area (Å²) < 4.78 is 10.4. The van der Waals surface area contributed by atoms with Gasteiger partial charge in [-0.1, -0.05) is 0 Å². The van der Waals surface area contributed by atoms with E-state index >= 15 is 0 Å². The highest BCUT2D eigenvalue weighted by atomic mass is 32.2. The Morgan fingerprint density at radius 1 is 1.23 bits per heavy atom. The molecular formula is C13H15N7OS. The lowest BCUT2D eigenvalue weighted by atomic mass is 10.3. The molecule has 0 aliphatic rings. The zero-order valence-electron chi connectivity index (χ0n) is 12.1. The zero-order chi connectivity index (χ0) is 15.5. The van der Waals surface area contributed by atoms with Gasteiger partial charge in [0.25, 0.3) is 0 Å². The Morgan fingerprint density at radius 2 is 2.09 bits per heavy atom. The van der Waals surface area contributed by atoms with Crippen molar-refractivity contribution in [3.8, 4) is 5.88 Å². The number of pyridine rings is 2. The molecule has 0 saturated heterocycles. The molecule has 3 rings (SSSR count). The van der Waals surface area contributed by atoms with Crippen LogP contribution in [0.5, 0.6) is 5.88 Å². The number of nitrogens with two attached hydrogens (primary N) is 1. The number of aryl methyl sites for hydroxylation is 1. The molecule has 0 saturated carbocycles. The maximum Gasteiger partial charge on any atom is 0.240 e. The molecule has 114 valence electrons. The third-order valence-electron chi connectivity index (χ3n) is 3.09. The molecule has 0 aliphatic heterocycles. The van der Waals surface area contributed by atoms with Gasteiger partial charge in [0.15, 0.2) is 0 Å². The average Bonchev–Trinajstić information content (AvgIpc) is 2.94. The van der Waals surface area contributed by atoms with Gasteiger partial charge in [-0.3, -0.25) is 4.68 Å². The lowest BCUT2D eigenvalue weighted by Gasteiger charge is -2.11. The lowest BCUT2D eigenvalue weighted by molar-refractivity contribution is 0.401. The maximum absolute atomic E-state index is 5.33. The maximum atomic E-state index is 5.33. The van der Waals surface area contributed by atoms with Crippen LogP contribution < -0.4 is 20.7 Å². The summed E-state index contributed by atoms with van der Waals surface area (Å²) in [6.07, 6.45) is 5.22. The van der Waals surface area contributed by atoms with E-state index in [1.165, 1.54) is 11.9 Å². The van der Waals surface area contributed by atoms with Gasteiger partial charge in [0, 0.05) is 29.7 Å². The van der Waals surface area contributed by atoms with Gasteiger partial charge < -0.3 is 14.9 Å². The molecular weight excluding hydrogens is 302 g/mol. The third kappa shape index (κ3) is 2.63. The first-order chi connectivity index (χ1) is 10.7. The van der Waals surface area contributed by atoms with Gasteiger partial charge in [-0.05, 0) is 24.1 Å². The molecule has 3 heterocycles. The Balaban J connectivity index is 1.90. The average molecular weight is 317 g/mol. The fourth-order valence-electron chi connectivity index (χ4n) is 2.03. The number of hydrogen-bond acceptors (Lipinski definition) is 8. The van der Waals surface area contributed by atoms with Crippen molar-refractivity contribution in [2.45, 2.75) is 4.90 Å². The molecule has 0 aromatic carbocycles. The van der Waals surface area contributed by atoms with Gasteiger partial charge in [0.05, 0.1) is 18.8 Å². The first-order valence-electron chi connectivity index (χ1n) is 6.43. The summed E-state index contributed by atoms with van der Waals surface area (Å²) in [6.45, 7) is 0. The monoisotopic (exact) mass is 317 g/mol. The van der Waals surface area contributed by atoms with Gasteiger partial charge in [-0.2, -0.15) is 5.10 Å². The highest BCUT2D eigenvalue weighted by molar-refractivity contribution is 8.00. The summed E-state index contributed by atoms with van der Waals surface area (Å²) in [5, 5.41) is 5.18. The summed E-state index contributed by atoms with van der Waals surface area (Å²) in [6, 6.07) is 3.70. The van der Waals surface area contributed by atoms with E-state index in [4.69, 9.17) is 10.6 Å². The van der Waals surface area contributed by atoms with Crippen LogP contribution in [-0.4, -0.2) is 26.9 Å². The number of anilines is 2. The van der Waals surface area contributed by atoms with Crippen LogP contribution in [0.2, 0.25) is 0 Å². The Bertz CT molecular complexity index is 787. The number of fused-ring (bicyclic) bond motifs is 1. The predicted octanol–water partition coefficient (Wildman–Crippen LogP) is 1.78. The Morgan fingerprint density at radius 3 is 2.77 bits per heavy atom. The first kappa shape index (κ1) is 14.4. The molecule has 0 fully saturated rings. The second-order valence-electron chi connectivity index (χ2n) is 4.44. The summed E-state index contributed by atoms with van der Waals surface area (Å²) in [5.74, 6) is 6.42. The van der Waals surface area contributed by atoms with E-state index in [1.807, 2.05) is 13.1 Å². The molecule has 0 bridgehead atoms. The molecule has 22 heavy (non-hydrogen) atoms. The quantitative estimate of drug-likeness (QED) is 0.372. The van der Waals surface area contributed by atoms with Crippen molar-refractivity contribution < 1.29 is 4.74 Å². The number of methoxy groups -OCH3 is 1. The number of nitrogen functional groups attached to an aromatic ring is 1. The fourth-order valence-corrected chi connectivity index (χ4v) is 2.68. The topological polar surface area (TPSA) is 103 Å². The molecule has 0 amide bonds. The Kier molecular flexibility index (Phi) is 3.98. The normalized spacial score (nSPS) is 10.7. The SMILES string of the molecule is COc1ncc2cnn(C)c2c1NSc1ccc(NN)nc1. The minimum atomic E-state index is 0.511. The molecule has 0 unspecified atom stereocenters. The molecule has 0 radical (unpaired) electrons. The highest BCUT2D eigenvalue weighted by Gasteiger charge is 2.14. The van der Waals surface area contributed by atoms with Crippen molar-refractivity contribution in [3.05, 3.63) is 30.7 Å². The Labute approximate surface area is 131 Å². The molecule has 0 aliphatic carbocycles. The summed E-state index contributed by atoms with van der Waals surface area (Å²) in [7, 11) is 3.46. The minimum Gasteiger partial charge on any atom is -0.479 e. The summed E-state index contributed by atoms with van der Waals surface area (Å²) >= 11 is 1.41. The number of hydrazine groups is 1. The second kappa shape index (κ2) is 6.08. The van der Waals surface area contributed by atoms with Gasteiger partial charge in [-0.15, -0.1) is 0 Å². The van der Waals surface area contributed by atoms with E-state index in [0.29, 0.717) is 11.7 Å². The van der Waals surface area contributed by atoms with Gasteiger partial charge in [-0.25, -0.2) is 15.8 Å². The predicted molar refractivity (Wildman–Crippen MR) is 86.6 cm³/mol. The number of ether oxygens (including phenoxy) is 1. The smallest absolute Gasteiger partial charge is 0.240 e. The van der Waals surface area contributed by atoms with Gasteiger partial charge in [0.2, 0.25) is 5.88 Å². The van der Waals surface area contributed by atoms with E-state index in [0.717, 1.165) is 21.5 Å². The third-order valence-corrected chi connectivity index (χ3v) is 3.87. The van der Waals surface area contributed by atoms with Crippen molar-refractivity contribution in [1.82, 2.24) is 19.7 Å².